The van der Waals surface area contributed by atoms with E-state index in [1.54, 1.807) is 0 Å². The Bertz CT molecular complexity index is 137. The molecule has 0 aromatic heterocycles. The second-order valence-corrected chi connectivity index (χ2v) is 2.71. The van der Waals surface area contributed by atoms with Gasteiger partial charge in [-0.05, 0) is 6.92 Å². The van der Waals surface area contributed by atoms with Crippen LogP contribution in [0, 0.1) is 0 Å². The lowest BCUT2D eigenvalue weighted by molar-refractivity contribution is -0.143. The summed E-state index contributed by atoms with van der Waals surface area (Å²) in [7, 11) is 0. The van der Waals surface area contributed by atoms with Gasteiger partial charge in [-0.2, -0.15) is 0 Å². The van der Waals surface area contributed by atoms with E-state index in [0.717, 1.165) is 0 Å². The molecule has 0 saturated carbocycles. The fraction of sp³-hybridized carbons (Fsp3) is 1.00. The second kappa shape index (κ2) is 3.04. The highest BCUT2D eigenvalue weighted by Gasteiger charge is 2.43. The van der Waals surface area contributed by atoms with E-state index in [1.807, 2.05) is 0 Å². The average molecular weight is 164 g/mol. The van der Waals surface area contributed by atoms with Gasteiger partial charge in [0.2, 0.25) is 0 Å². The van der Waals surface area contributed by atoms with Crippen LogP contribution in [-0.4, -0.2) is 51.1 Å². The maximum absolute atomic E-state index is 9.10. The molecule has 0 aromatic carbocycles. The van der Waals surface area contributed by atoms with Crippen LogP contribution in [0.5, 0.6) is 0 Å². The van der Waals surface area contributed by atoms with Gasteiger partial charge in [0.15, 0.2) is 6.29 Å². The highest BCUT2D eigenvalue weighted by Crippen LogP contribution is 2.21. The Labute approximate surface area is 63.8 Å². The van der Waals surface area contributed by atoms with Crippen molar-refractivity contribution in [2.75, 3.05) is 0 Å². The summed E-state index contributed by atoms with van der Waals surface area (Å²) in [6, 6.07) is 0. The predicted molar refractivity (Wildman–Crippen MR) is 34.6 cm³/mol. The van der Waals surface area contributed by atoms with Crippen LogP contribution in [0.1, 0.15) is 6.92 Å². The quantitative estimate of drug-likeness (QED) is 0.353. The molecule has 1 aliphatic heterocycles. The molecule has 4 N–H and O–H groups in total. The number of aliphatic hydroxyl groups is 4. The van der Waals surface area contributed by atoms with Crippen molar-refractivity contribution in [3.8, 4) is 0 Å². The van der Waals surface area contributed by atoms with Gasteiger partial charge in [-0.25, -0.2) is 0 Å². The molecule has 0 spiro atoms. The van der Waals surface area contributed by atoms with Crippen molar-refractivity contribution in [2.45, 2.75) is 37.6 Å². The Balaban J connectivity index is 2.59. The normalized spacial score (nSPS) is 47.7. The van der Waals surface area contributed by atoms with Gasteiger partial charge in [-0.1, -0.05) is 0 Å². The van der Waals surface area contributed by atoms with Crippen molar-refractivity contribution < 1.29 is 25.2 Å². The van der Waals surface area contributed by atoms with Gasteiger partial charge in [-0.15, -0.1) is 0 Å². The minimum absolute atomic E-state index is 0.903. The van der Waals surface area contributed by atoms with E-state index in [-0.39, 0.29) is 0 Å². The van der Waals surface area contributed by atoms with E-state index >= 15 is 0 Å². The molecule has 0 bridgehead atoms. The zero-order valence-electron chi connectivity index (χ0n) is 6.08. The fourth-order valence-corrected chi connectivity index (χ4v) is 1.08. The summed E-state index contributed by atoms with van der Waals surface area (Å²) in [5.74, 6) is 0. The number of aliphatic hydroxyl groups excluding tert-OH is 4. The molecule has 1 unspecified atom stereocenters. The average Bonchev–Trinajstić information content (AvgIpc) is 2.17. The summed E-state index contributed by atoms with van der Waals surface area (Å²) >= 11 is 0. The molecule has 5 heteroatoms. The van der Waals surface area contributed by atoms with Crippen molar-refractivity contribution >= 4 is 0 Å². The monoisotopic (exact) mass is 164 g/mol. The number of rotatable bonds is 1. The third kappa shape index (κ3) is 1.52. The maximum atomic E-state index is 9.10. The third-order valence-corrected chi connectivity index (χ3v) is 1.75. The molecule has 0 amide bonds. The minimum Gasteiger partial charge on any atom is -0.391 e. The standard InChI is InChI=1S/C6H12O5/c1-2(7)5-3(8)4(9)6(10)11-5/h2-10H,1H3/t2-,3-,4-,5-,6?/m1/s1. The van der Waals surface area contributed by atoms with Gasteiger partial charge >= 0.3 is 0 Å². The summed E-state index contributed by atoms with van der Waals surface area (Å²) in [6.07, 6.45) is -5.75. The molecule has 0 aromatic rings. The largest absolute Gasteiger partial charge is 0.391 e. The molecule has 1 saturated heterocycles. The molecule has 5 atom stereocenters. The molecular formula is C6H12O5. The zero-order chi connectivity index (χ0) is 8.59. The zero-order valence-corrected chi connectivity index (χ0v) is 6.08. The molecule has 1 rings (SSSR count). The smallest absolute Gasteiger partial charge is 0.184 e. The molecule has 1 aliphatic rings. The van der Waals surface area contributed by atoms with E-state index in [2.05, 4.69) is 4.74 Å². The first-order valence-electron chi connectivity index (χ1n) is 3.41. The summed E-state index contributed by atoms with van der Waals surface area (Å²) in [4.78, 5) is 0. The highest BCUT2D eigenvalue weighted by molar-refractivity contribution is 4.88. The summed E-state index contributed by atoms with van der Waals surface area (Å²) in [6.45, 7) is 1.42. The highest BCUT2D eigenvalue weighted by atomic mass is 16.6. The van der Waals surface area contributed by atoms with E-state index < -0.39 is 30.7 Å². The van der Waals surface area contributed by atoms with Crippen LogP contribution in [0.15, 0.2) is 0 Å². The molecule has 66 valence electrons. The van der Waals surface area contributed by atoms with Crippen LogP contribution in [0.2, 0.25) is 0 Å². The Morgan fingerprint density at radius 2 is 1.73 bits per heavy atom. The molecule has 1 heterocycles. The number of hydrogen-bond donors (Lipinski definition) is 4. The van der Waals surface area contributed by atoms with E-state index in [1.165, 1.54) is 6.92 Å². The number of ether oxygens (including phenoxy) is 1. The maximum Gasteiger partial charge on any atom is 0.184 e. The van der Waals surface area contributed by atoms with Crippen molar-refractivity contribution in [1.82, 2.24) is 0 Å². The first kappa shape index (κ1) is 8.89. The van der Waals surface area contributed by atoms with Crippen molar-refractivity contribution in [1.29, 1.82) is 0 Å². The van der Waals surface area contributed by atoms with Crippen LogP contribution < -0.4 is 0 Å². The van der Waals surface area contributed by atoms with Crippen LogP contribution in [0.3, 0.4) is 0 Å². The van der Waals surface area contributed by atoms with Gasteiger partial charge in [0.05, 0.1) is 6.10 Å². The van der Waals surface area contributed by atoms with Crippen molar-refractivity contribution in [2.24, 2.45) is 0 Å². The summed E-state index contributed by atoms with van der Waals surface area (Å²) in [5, 5.41) is 35.8. The lowest BCUT2D eigenvalue weighted by atomic mass is 10.1. The second-order valence-electron chi connectivity index (χ2n) is 2.71. The molecule has 1 fully saturated rings. The molecular weight excluding hydrogens is 152 g/mol. The van der Waals surface area contributed by atoms with Crippen molar-refractivity contribution in [3.05, 3.63) is 0 Å². The van der Waals surface area contributed by atoms with Gasteiger partial charge in [0.25, 0.3) is 0 Å². The van der Waals surface area contributed by atoms with Crippen LogP contribution in [0.4, 0.5) is 0 Å². The first-order chi connectivity index (χ1) is 5.04. The van der Waals surface area contributed by atoms with Crippen LogP contribution >= 0.6 is 0 Å². The molecule has 0 radical (unpaired) electrons. The van der Waals surface area contributed by atoms with E-state index in [9.17, 15) is 0 Å². The third-order valence-electron chi connectivity index (χ3n) is 1.75. The lowest BCUT2D eigenvalue weighted by Crippen LogP contribution is -2.37. The van der Waals surface area contributed by atoms with Gasteiger partial charge in [0.1, 0.15) is 18.3 Å². The predicted octanol–water partition coefficient (Wildman–Crippen LogP) is -2.19. The topological polar surface area (TPSA) is 90.2 Å². The Morgan fingerprint density at radius 3 is 1.91 bits per heavy atom. The Hall–Kier alpha value is -0.200. The Morgan fingerprint density at radius 1 is 1.18 bits per heavy atom. The number of hydrogen-bond acceptors (Lipinski definition) is 5. The summed E-state index contributed by atoms with van der Waals surface area (Å²) < 4.78 is 4.65. The van der Waals surface area contributed by atoms with Gasteiger partial charge in [-0.3, -0.25) is 0 Å². The Kier molecular flexibility index (Phi) is 2.46. The van der Waals surface area contributed by atoms with Gasteiger partial charge in [0, 0.05) is 0 Å². The van der Waals surface area contributed by atoms with Crippen LogP contribution in [0.25, 0.3) is 0 Å². The van der Waals surface area contributed by atoms with E-state index in [4.69, 9.17) is 20.4 Å². The van der Waals surface area contributed by atoms with Crippen molar-refractivity contribution in [3.63, 3.8) is 0 Å². The van der Waals surface area contributed by atoms with Crippen LogP contribution in [-0.2, 0) is 4.74 Å². The van der Waals surface area contributed by atoms with Gasteiger partial charge < -0.3 is 25.2 Å². The SMILES string of the molecule is C[C@@H](O)[C@H]1OC(O)[C@H](O)[C@H]1O. The fourth-order valence-electron chi connectivity index (χ4n) is 1.08. The molecule has 11 heavy (non-hydrogen) atoms. The van der Waals surface area contributed by atoms with E-state index in [0.29, 0.717) is 0 Å². The molecule has 5 nitrogen and oxygen atoms in total. The summed E-state index contributed by atoms with van der Waals surface area (Å²) in [5.41, 5.74) is 0. The molecule has 0 aliphatic carbocycles. The lowest BCUT2D eigenvalue weighted by Gasteiger charge is -2.16. The minimum atomic E-state index is -1.40. The first-order valence-corrected chi connectivity index (χ1v) is 3.41.